The lowest BCUT2D eigenvalue weighted by Crippen LogP contribution is -2.13. The minimum Gasteiger partial charge on any atom is -0.292 e. The summed E-state index contributed by atoms with van der Waals surface area (Å²) in [5.41, 5.74) is 0.735. The number of nitriles is 1. The van der Waals surface area contributed by atoms with E-state index in [1.807, 2.05) is 6.07 Å². The molecule has 0 amide bonds. The molecule has 0 bridgehead atoms. The number of carbonyl (C=O) groups excluding carboxylic acids is 1. The Hall–Kier alpha value is -1.70. The van der Waals surface area contributed by atoms with Gasteiger partial charge in [0.15, 0.2) is 11.7 Å². The Bertz CT molecular complexity index is 652. The predicted octanol–water partition coefficient (Wildman–Crippen LogP) is 3.99. The van der Waals surface area contributed by atoms with Gasteiger partial charge in [0.05, 0.1) is 16.8 Å². The lowest BCUT2D eigenvalue weighted by atomic mass is 9.95. The summed E-state index contributed by atoms with van der Waals surface area (Å²) in [6, 6.07) is 12.1. The molecule has 1 atom stereocenters. The second kappa shape index (κ2) is 5.96. The third-order valence-electron chi connectivity index (χ3n) is 2.57. The zero-order valence-corrected chi connectivity index (χ0v) is 12.0. The molecule has 3 nitrogen and oxygen atoms in total. The molecular weight excluding hydrogens is 328 g/mol. The van der Waals surface area contributed by atoms with Crippen LogP contribution in [0.3, 0.4) is 0 Å². The average Bonchev–Trinajstić information content (AvgIpc) is 2.43. The van der Waals surface area contributed by atoms with Gasteiger partial charge in [-0.15, -0.1) is 0 Å². The minimum atomic E-state index is -0.951. The van der Waals surface area contributed by atoms with Crippen molar-refractivity contribution >= 4 is 33.3 Å². The van der Waals surface area contributed by atoms with Crippen molar-refractivity contribution in [3.63, 3.8) is 0 Å². The van der Waals surface area contributed by atoms with Crippen molar-refractivity contribution in [2.24, 2.45) is 0 Å². The summed E-state index contributed by atoms with van der Waals surface area (Å²) >= 11 is 9.29. The van der Waals surface area contributed by atoms with Crippen molar-refractivity contribution in [1.82, 2.24) is 4.98 Å². The number of ketones is 1. The molecule has 2 aromatic rings. The summed E-state index contributed by atoms with van der Waals surface area (Å²) in [5.74, 6) is -1.31. The molecule has 0 aliphatic carbocycles. The minimum absolute atomic E-state index is 0.313. The molecule has 5 heteroatoms. The predicted molar refractivity (Wildman–Crippen MR) is 76.1 cm³/mol. The van der Waals surface area contributed by atoms with Crippen molar-refractivity contribution in [2.45, 2.75) is 5.92 Å². The molecule has 2 rings (SSSR count). The first-order valence-electron chi connectivity index (χ1n) is 5.43. The SMILES string of the molecule is N#CC(C(=O)c1cc(Br)ccc1Cl)c1ccccn1. The molecule has 0 aliphatic rings. The fourth-order valence-corrected chi connectivity index (χ4v) is 2.22. The number of halogens is 2. The summed E-state index contributed by atoms with van der Waals surface area (Å²) in [6.07, 6.45) is 1.55. The Morgan fingerprint density at radius 2 is 2.16 bits per heavy atom. The van der Waals surface area contributed by atoms with Crippen LogP contribution in [0.5, 0.6) is 0 Å². The van der Waals surface area contributed by atoms with E-state index >= 15 is 0 Å². The van der Waals surface area contributed by atoms with Crippen LogP contribution in [0.1, 0.15) is 22.0 Å². The summed E-state index contributed by atoms with van der Waals surface area (Å²) in [7, 11) is 0. The maximum absolute atomic E-state index is 12.4. The van der Waals surface area contributed by atoms with Crippen LogP contribution in [0.25, 0.3) is 0 Å². The number of benzene rings is 1. The van der Waals surface area contributed by atoms with Gasteiger partial charge in [0.25, 0.3) is 0 Å². The van der Waals surface area contributed by atoms with Gasteiger partial charge in [-0.25, -0.2) is 0 Å². The lowest BCUT2D eigenvalue weighted by Gasteiger charge is -2.09. The highest BCUT2D eigenvalue weighted by atomic mass is 79.9. The first-order chi connectivity index (χ1) is 9.13. The summed E-state index contributed by atoms with van der Waals surface area (Å²) in [5, 5.41) is 9.53. The summed E-state index contributed by atoms with van der Waals surface area (Å²) in [6.45, 7) is 0. The zero-order chi connectivity index (χ0) is 13.8. The molecule has 0 saturated heterocycles. The Labute approximate surface area is 124 Å². The van der Waals surface area contributed by atoms with Gasteiger partial charge in [0.2, 0.25) is 0 Å². The standard InChI is InChI=1S/C14H8BrClN2O/c15-9-4-5-12(16)10(7-9)14(19)11(8-17)13-3-1-2-6-18-13/h1-7,11H. The van der Waals surface area contributed by atoms with Gasteiger partial charge in [-0.1, -0.05) is 33.6 Å². The van der Waals surface area contributed by atoms with Crippen LogP contribution in [0.2, 0.25) is 5.02 Å². The van der Waals surface area contributed by atoms with Gasteiger partial charge in [-0.3, -0.25) is 9.78 Å². The highest BCUT2D eigenvalue weighted by molar-refractivity contribution is 9.10. The van der Waals surface area contributed by atoms with Gasteiger partial charge >= 0.3 is 0 Å². The number of Topliss-reactive ketones (excluding diaryl/α,β-unsaturated/α-hetero) is 1. The summed E-state index contributed by atoms with van der Waals surface area (Å²) in [4.78, 5) is 16.4. The largest absolute Gasteiger partial charge is 0.292 e. The van der Waals surface area contributed by atoms with Gasteiger partial charge in [0.1, 0.15) is 0 Å². The van der Waals surface area contributed by atoms with E-state index in [0.29, 0.717) is 16.3 Å². The molecule has 1 aromatic heterocycles. The van der Waals surface area contributed by atoms with Crippen molar-refractivity contribution < 1.29 is 4.79 Å². The molecule has 0 aliphatic heterocycles. The third-order valence-corrected chi connectivity index (χ3v) is 3.39. The topological polar surface area (TPSA) is 53.8 Å². The first-order valence-corrected chi connectivity index (χ1v) is 6.60. The van der Waals surface area contributed by atoms with Gasteiger partial charge in [0, 0.05) is 16.2 Å². The average molecular weight is 336 g/mol. The molecule has 0 N–H and O–H groups in total. The quantitative estimate of drug-likeness (QED) is 0.797. The molecule has 0 radical (unpaired) electrons. The van der Waals surface area contributed by atoms with Crippen molar-refractivity contribution in [3.05, 3.63) is 63.3 Å². The van der Waals surface area contributed by atoms with E-state index in [0.717, 1.165) is 4.47 Å². The molecule has 0 fully saturated rings. The van der Waals surface area contributed by atoms with Gasteiger partial charge < -0.3 is 0 Å². The number of hydrogen-bond donors (Lipinski definition) is 0. The van der Waals surface area contributed by atoms with Crippen LogP contribution >= 0.6 is 27.5 Å². The van der Waals surface area contributed by atoms with E-state index in [1.54, 1.807) is 42.6 Å². The highest BCUT2D eigenvalue weighted by Crippen LogP contribution is 2.26. The van der Waals surface area contributed by atoms with E-state index in [9.17, 15) is 10.1 Å². The Kier molecular flexibility index (Phi) is 4.31. The van der Waals surface area contributed by atoms with Crippen molar-refractivity contribution in [2.75, 3.05) is 0 Å². The van der Waals surface area contributed by atoms with Crippen LogP contribution in [0.15, 0.2) is 47.1 Å². The fourth-order valence-electron chi connectivity index (χ4n) is 1.65. The molecule has 0 saturated carbocycles. The van der Waals surface area contributed by atoms with Crippen LogP contribution in [-0.4, -0.2) is 10.8 Å². The number of pyridine rings is 1. The zero-order valence-electron chi connectivity index (χ0n) is 9.68. The number of carbonyl (C=O) groups is 1. The van der Waals surface area contributed by atoms with Crippen molar-refractivity contribution in [1.29, 1.82) is 5.26 Å². The first kappa shape index (κ1) is 13.7. The van der Waals surface area contributed by atoms with E-state index in [4.69, 9.17) is 11.6 Å². The number of rotatable bonds is 3. The van der Waals surface area contributed by atoms with Crippen molar-refractivity contribution in [3.8, 4) is 6.07 Å². The van der Waals surface area contributed by atoms with Crippen LogP contribution in [-0.2, 0) is 0 Å². The molecule has 0 spiro atoms. The highest BCUT2D eigenvalue weighted by Gasteiger charge is 2.24. The van der Waals surface area contributed by atoms with E-state index in [-0.39, 0.29) is 5.78 Å². The molecule has 1 heterocycles. The lowest BCUT2D eigenvalue weighted by molar-refractivity contribution is 0.0977. The number of nitrogens with zero attached hydrogens (tertiary/aromatic N) is 2. The third kappa shape index (κ3) is 3.01. The molecular formula is C14H8BrClN2O. The number of aromatic nitrogens is 1. The molecule has 19 heavy (non-hydrogen) atoms. The van der Waals surface area contributed by atoms with E-state index < -0.39 is 5.92 Å². The second-order valence-corrected chi connectivity index (χ2v) is 5.13. The van der Waals surface area contributed by atoms with E-state index in [2.05, 4.69) is 20.9 Å². The Balaban J connectivity index is 2.43. The normalized spacial score (nSPS) is 11.6. The molecule has 94 valence electrons. The number of hydrogen-bond acceptors (Lipinski definition) is 3. The summed E-state index contributed by atoms with van der Waals surface area (Å²) < 4.78 is 0.734. The Morgan fingerprint density at radius 1 is 1.37 bits per heavy atom. The van der Waals surface area contributed by atoms with Gasteiger partial charge in [-0.05, 0) is 30.3 Å². The maximum atomic E-state index is 12.4. The van der Waals surface area contributed by atoms with Crippen LogP contribution < -0.4 is 0 Å². The Morgan fingerprint density at radius 3 is 2.79 bits per heavy atom. The van der Waals surface area contributed by atoms with E-state index in [1.165, 1.54) is 0 Å². The molecule has 1 unspecified atom stereocenters. The van der Waals surface area contributed by atoms with Gasteiger partial charge in [-0.2, -0.15) is 5.26 Å². The monoisotopic (exact) mass is 334 g/mol. The fraction of sp³-hybridized carbons (Fsp3) is 0.0714. The molecule has 1 aromatic carbocycles. The second-order valence-electron chi connectivity index (χ2n) is 3.81. The smallest absolute Gasteiger partial charge is 0.187 e. The maximum Gasteiger partial charge on any atom is 0.187 e. The van der Waals surface area contributed by atoms with Crippen LogP contribution in [0.4, 0.5) is 0 Å². The van der Waals surface area contributed by atoms with Crippen LogP contribution in [0, 0.1) is 11.3 Å².